The van der Waals surface area contributed by atoms with Crippen LogP contribution < -0.4 is 10.6 Å². The average Bonchev–Trinajstić information content (AvgIpc) is 2.27. The van der Waals surface area contributed by atoms with Gasteiger partial charge in [-0.25, -0.2) is 0 Å². The van der Waals surface area contributed by atoms with Gasteiger partial charge in [0.05, 0.1) is 11.3 Å². The highest BCUT2D eigenvalue weighted by Gasteiger charge is 2.09. The summed E-state index contributed by atoms with van der Waals surface area (Å²) in [7, 11) is 0. The summed E-state index contributed by atoms with van der Waals surface area (Å²) in [5.41, 5.74) is 1.45. The molecule has 0 bridgehead atoms. The molecule has 82 valence electrons. The van der Waals surface area contributed by atoms with Crippen molar-refractivity contribution < 1.29 is 4.79 Å². The summed E-state index contributed by atoms with van der Waals surface area (Å²) in [6.45, 7) is 6.05. The molecule has 1 amide bonds. The van der Waals surface area contributed by atoms with Gasteiger partial charge >= 0.3 is 0 Å². The van der Waals surface area contributed by atoms with E-state index in [2.05, 4.69) is 15.6 Å². The second-order valence-electron chi connectivity index (χ2n) is 3.14. The zero-order valence-corrected chi connectivity index (χ0v) is 9.21. The van der Waals surface area contributed by atoms with E-state index in [1.807, 2.05) is 13.8 Å². The molecule has 1 rings (SSSR count). The molecule has 2 N–H and O–H groups in total. The zero-order valence-electron chi connectivity index (χ0n) is 9.21. The Balaban J connectivity index is 2.80. The Labute approximate surface area is 90.1 Å². The largest absolute Gasteiger partial charge is 0.352 e. The lowest BCUT2D eigenvalue weighted by Gasteiger charge is -2.08. The number of amides is 1. The van der Waals surface area contributed by atoms with E-state index in [1.54, 1.807) is 18.3 Å². The van der Waals surface area contributed by atoms with Gasteiger partial charge < -0.3 is 10.6 Å². The SMILES string of the molecule is CCNCc1ncccc1C(=O)NCC. The summed E-state index contributed by atoms with van der Waals surface area (Å²) >= 11 is 0. The van der Waals surface area contributed by atoms with E-state index in [9.17, 15) is 4.79 Å². The van der Waals surface area contributed by atoms with E-state index in [1.165, 1.54) is 0 Å². The fourth-order valence-electron chi connectivity index (χ4n) is 1.28. The van der Waals surface area contributed by atoms with E-state index in [-0.39, 0.29) is 5.91 Å². The minimum absolute atomic E-state index is 0.0569. The van der Waals surface area contributed by atoms with Gasteiger partial charge in [0.2, 0.25) is 0 Å². The number of nitrogens with zero attached hydrogens (tertiary/aromatic N) is 1. The van der Waals surface area contributed by atoms with Crippen LogP contribution in [0.3, 0.4) is 0 Å². The maximum atomic E-state index is 11.6. The molecule has 0 aromatic carbocycles. The molecule has 0 aliphatic carbocycles. The van der Waals surface area contributed by atoms with Crippen molar-refractivity contribution in [2.45, 2.75) is 20.4 Å². The molecule has 1 aromatic rings. The van der Waals surface area contributed by atoms with Gasteiger partial charge in [0.25, 0.3) is 5.91 Å². The third-order valence-electron chi connectivity index (χ3n) is 2.01. The standard InChI is InChI=1S/C11H17N3O/c1-3-12-8-10-9(6-5-7-14-10)11(15)13-4-2/h5-7,12H,3-4,8H2,1-2H3,(H,13,15). The molecular weight excluding hydrogens is 190 g/mol. The minimum atomic E-state index is -0.0569. The molecule has 0 spiro atoms. The van der Waals surface area contributed by atoms with Crippen LogP contribution in [0.4, 0.5) is 0 Å². The fourth-order valence-corrected chi connectivity index (χ4v) is 1.28. The second kappa shape index (κ2) is 6.14. The first-order valence-electron chi connectivity index (χ1n) is 5.22. The first-order valence-corrected chi connectivity index (χ1v) is 5.22. The summed E-state index contributed by atoms with van der Waals surface area (Å²) in [6.07, 6.45) is 1.70. The van der Waals surface area contributed by atoms with Crippen molar-refractivity contribution in [1.82, 2.24) is 15.6 Å². The van der Waals surface area contributed by atoms with Gasteiger partial charge in [0.1, 0.15) is 0 Å². The van der Waals surface area contributed by atoms with Crippen LogP contribution in [0.1, 0.15) is 29.9 Å². The monoisotopic (exact) mass is 207 g/mol. The van der Waals surface area contributed by atoms with Crippen molar-refractivity contribution in [3.05, 3.63) is 29.6 Å². The normalized spacial score (nSPS) is 10.0. The predicted octanol–water partition coefficient (Wildman–Crippen LogP) is 0.941. The van der Waals surface area contributed by atoms with Crippen LogP contribution in [0.2, 0.25) is 0 Å². The molecule has 4 nitrogen and oxygen atoms in total. The van der Waals surface area contributed by atoms with Gasteiger partial charge in [0, 0.05) is 19.3 Å². The van der Waals surface area contributed by atoms with Crippen LogP contribution in [-0.2, 0) is 6.54 Å². The molecule has 0 saturated carbocycles. The molecule has 0 saturated heterocycles. The predicted molar refractivity (Wildman–Crippen MR) is 59.6 cm³/mol. The molecule has 15 heavy (non-hydrogen) atoms. The van der Waals surface area contributed by atoms with Gasteiger partial charge in [0.15, 0.2) is 0 Å². The molecule has 0 fully saturated rings. The Kier molecular flexibility index (Phi) is 4.77. The first-order chi connectivity index (χ1) is 7.29. The van der Waals surface area contributed by atoms with Gasteiger partial charge in [-0.3, -0.25) is 9.78 Å². The number of pyridine rings is 1. The van der Waals surface area contributed by atoms with Crippen LogP contribution in [0.5, 0.6) is 0 Å². The lowest BCUT2D eigenvalue weighted by molar-refractivity contribution is 0.0954. The molecule has 0 aliphatic heterocycles. The highest BCUT2D eigenvalue weighted by molar-refractivity contribution is 5.95. The van der Waals surface area contributed by atoms with Crippen molar-refractivity contribution in [3.8, 4) is 0 Å². The molecule has 1 aromatic heterocycles. The van der Waals surface area contributed by atoms with Crippen molar-refractivity contribution in [2.75, 3.05) is 13.1 Å². The minimum Gasteiger partial charge on any atom is -0.352 e. The maximum Gasteiger partial charge on any atom is 0.253 e. The van der Waals surface area contributed by atoms with Crippen molar-refractivity contribution in [3.63, 3.8) is 0 Å². The molecule has 0 unspecified atom stereocenters. The summed E-state index contributed by atoms with van der Waals surface area (Å²) < 4.78 is 0. The van der Waals surface area contributed by atoms with Crippen LogP contribution in [0.15, 0.2) is 18.3 Å². The molecule has 1 heterocycles. The summed E-state index contributed by atoms with van der Waals surface area (Å²) in [4.78, 5) is 15.8. The van der Waals surface area contributed by atoms with Crippen LogP contribution >= 0.6 is 0 Å². The Bertz CT molecular complexity index is 325. The molecular formula is C11H17N3O. The highest BCUT2D eigenvalue weighted by Crippen LogP contribution is 2.04. The smallest absolute Gasteiger partial charge is 0.253 e. The van der Waals surface area contributed by atoms with Gasteiger partial charge in [-0.1, -0.05) is 6.92 Å². The topological polar surface area (TPSA) is 54.0 Å². The molecule has 4 heteroatoms. The number of hydrogen-bond donors (Lipinski definition) is 2. The van der Waals surface area contributed by atoms with E-state index in [0.717, 1.165) is 12.2 Å². The average molecular weight is 207 g/mol. The number of rotatable bonds is 5. The lowest BCUT2D eigenvalue weighted by Crippen LogP contribution is -2.25. The fraction of sp³-hybridized carbons (Fsp3) is 0.455. The van der Waals surface area contributed by atoms with E-state index >= 15 is 0 Å². The Morgan fingerprint density at radius 3 is 2.87 bits per heavy atom. The van der Waals surface area contributed by atoms with E-state index < -0.39 is 0 Å². The number of carbonyl (C=O) groups excluding carboxylic acids is 1. The van der Waals surface area contributed by atoms with Gasteiger partial charge in [-0.15, -0.1) is 0 Å². The molecule has 0 aliphatic rings. The van der Waals surface area contributed by atoms with Gasteiger partial charge in [-0.2, -0.15) is 0 Å². The number of carbonyl (C=O) groups is 1. The molecule has 0 atom stereocenters. The Morgan fingerprint density at radius 1 is 1.40 bits per heavy atom. The zero-order chi connectivity index (χ0) is 11.1. The second-order valence-corrected chi connectivity index (χ2v) is 3.14. The first kappa shape index (κ1) is 11.7. The quantitative estimate of drug-likeness (QED) is 0.755. The number of aromatic nitrogens is 1. The van der Waals surface area contributed by atoms with E-state index in [0.29, 0.717) is 18.7 Å². The number of hydrogen-bond acceptors (Lipinski definition) is 3. The summed E-state index contributed by atoms with van der Waals surface area (Å²) in [5.74, 6) is -0.0569. The van der Waals surface area contributed by atoms with Crippen molar-refractivity contribution in [1.29, 1.82) is 0 Å². The number of nitrogens with one attached hydrogen (secondary N) is 2. The van der Waals surface area contributed by atoms with Crippen molar-refractivity contribution in [2.24, 2.45) is 0 Å². The highest BCUT2D eigenvalue weighted by atomic mass is 16.1. The molecule has 0 radical (unpaired) electrons. The third-order valence-corrected chi connectivity index (χ3v) is 2.01. The lowest BCUT2D eigenvalue weighted by atomic mass is 10.2. The third kappa shape index (κ3) is 3.32. The Morgan fingerprint density at radius 2 is 2.20 bits per heavy atom. The van der Waals surface area contributed by atoms with Crippen LogP contribution in [0.25, 0.3) is 0 Å². The van der Waals surface area contributed by atoms with Crippen molar-refractivity contribution >= 4 is 5.91 Å². The van der Waals surface area contributed by atoms with Crippen LogP contribution in [0, 0.1) is 0 Å². The van der Waals surface area contributed by atoms with Crippen LogP contribution in [-0.4, -0.2) is 24.0 Å². The summed E-state index contributed by atoms with van der Waals surface area (Å²) in [5, 5.41) is 5.93. The maximum absolute atomic E-state index is 11.6. The van der Waals surface area contributed by atoms with E-state index in [4.69, 9.17) is 0 Å². The summed E-state index contributed by atoms with van der Waals surface area (Å²) in [6, 6.07) is 3.57. The van der Waals surface area contributed by atoms with Gasteiger partial charge in [-0.05, 0) is 25.6 Å². The Hall–Kier alpha value is -1.42.